The lowest BCUT2D eigenvalue weighted by molar-refractivity contribution is -0.132. The van der Waals surface area contributed by atoms with E-state index >= 15 is 0 Å². The molecule has 0 aromatic carbocycles. The van der Waals surface area contributed by atoms with Crippen LogP contribution in [0.2, 0.25) is 0 Å². The van der Waals surface area contributed by atoms with E-state index < -0.39 is 17.8 Å². The fourth-order valence-corrected chi connectivity index (χ4v) is 3.31. The summed E-state index contributed by atoms with van der Waals surface area (Å²) in [6.45, 7) is 4.79. The fourth-order valence-electron chi connectivity index (χ4n) is 3.31. The first-order valence-corrected chi connectivity index (χ1v) is 7.58. The summed E-state index contributed by atoms with van der Waals surface area (Å²) in [5.41, 5.74) is -0.695. The molecule has 1 amide bonds. The number of halogens is 3. The minimum absolute atomic E-state index is 0.0531. The van der Waals surface area contributed by atoms with E-state index in [4.69, 9.17) is 0 Å². The number of likely N-dealkylation sites (N-methyl/N-ethyl adjacent to an activating group) is 1. The molecule has 0 saturated heterocycles. The number of carbonyl (C=O) groups excluding carboxylic acids is 1. The third kappa shape index (κ3) is 3.32. The van der Waals surface area contributed by atoms with E-state index in [9.17, 15) is 18.0 Å². The van der Waals surface area contributed by atoms with Gasteiger partial charge >= 0.3 is 6.18 Å². The highest BCUT2D eigenvalue weighted by Crippen LogP contribution is 2.39. The Bertz CT molecular complexity index is 418. The van der Waals surface area contributed by atoms with Crippen molar-refractivity contribution in [3.05, 3.63) is 0 Å². The quantitative estimate of drug-likeness (QED) is 0.800. The Hall–Kier alpha value is -1.27. The number of rotatable bonds is 4. The molecule has 0 bridgehead atoms. The number of fused-ring (bicyclic) bond motifs is 1. The van der Waals surface area contributed by atoms with Gasteiger partial charge in [-0.05, 0) is 26.7 Å². The van der Waals surface area contributed by atoms with Crippen LogP contribution in [-0.4, -0.2) is 53.4 Å². The second-order valence-electron chi connectivity index (χ2n) is 5.60. The molecule has 0 aromatic heterocycles. The van der Waals surface area contributed by atoms with E-state index in [0.29, 0.717) is 25.9 Å². The second kappa shape index (κ2) is 6.23. The summed E-state index contributed by atoms with van der Waals surface area (Å²) in [5, 5.41) is 5.15. The smallest absolute Gasteiger partial charge is 0.342 e. The predicted molar refractivity (Wildman–Crippen MR) is 73.9 cm³/mol. The lowest BCUT2D eigenvalue weighted by Gasteiger charge is -2.32. The van der Waals surface area contributed by atoms with Crippen LogP contribution < -0.4 is 0 Å². The van der Waals surface area contributed by atoms with Crippen LogP contribution in [0.5, 0.6) is 0 Å². The minimum atomic E-state index is -4.40. The molecular weight excluding hydrogens is 283 g/mol. The van der Waals surface area contributed by atoms with Crippen molar-refractivity contribution in [2.24, 2.45) is 11.0 Å². The van der Waals surface area contributed by atoms with Gasteiger partial charge in [0.15, 0.2) is 0 Å². The Morgan fingerprint density at radius 1 is 1.29 bits per heavy atom. The standard InChI is InChI=1S/C14H22F3N3O/c1-3-19(4-2)12(21)9-20-11-8-6-5-7-10(11)13(18-20)14(15,16)17/h10-11H,3-9H2,1-2H3. The number of hydrogen-bond acceptors (Lipinski definition) is 3. The normalized spacial score (nSPS) is 25.6. The van der Waals surface area contributed by atoms with E-state index in [1.807, 2.05) is 13.8 Å². The Balaban J connectivity index is 2.14. The number of nitrogens with zero attached hydrogens (tertiary/aromatic N) is 3. The van der Waals surface area contributed by atoms with Crippen molar-refractivity contribution < 1.29 is 18.0 Å². The number of hydrazone groups is 1. The molecule has 0 radical (unpaired) electrons. The highest BCUT2D eigenvalue weighted by molar-refractivity contribution is 5.94. The average molecular weight is 305 g/mol. The fraction of sp³-hybridized carbons (Fsp3) is 0.857. The second-order valence-corrected chi connectivity index (χ2v) is 5.60. The summed E-state index contributed by atoms with van der Waals surface area (Å²) in [4.78, 5) is 13.7. The van der Waals surface area contributed by atoms with Gasteiger partial charge in [-0.1, -0.05) is 12.8 Å². The molecule has 7 heteroatoms. The molecule has 1 fully saturated rings. The van der Waals surface area contributed by atoms with Crippen LogP contribution in [0.3, 0.4) is 0 Å². The number of amides is 1. The topological polar surface area (TPSA) is 35.9 Å². The zero-order valence-electron chi connectivity index (χ0n) is 12.5. The monoisotopic (exact) mass is 305 g/mol. The molecule has 1 heterocycles. The average Bonchev–Trinajstić information content (AvgIpc) is 2.79. The van der Waals surface area contributed by atoms with E-state index in [0.717, 1.165) is 12.8 Å². The van der Waals surface area contributed by atoms with Crippen LogP contribution >= 0.6 is 0 Å². The van der Waals surface area contributed by atoms with E-state index in [2.05, 4.69) is 5.10 Å². The maximum absolute atomic E-state index is 13.1. The highest BCUT2D eigenvalue weighted by Gasteiger charge is 2.50. The molecule has 0 N–H and O–H groups in total. The van der Waals surface area contributed by atoms with Crippen molar-refractivity contribution in [2.75, 3.05) is 19.6 Å². The SMILES string of the molecule is CCN(CC)C(=O)CN1N=C(C(F)(F)F)C2CCCCC21. The summed E-state index contributed by atoms with van der Waals surface area (Å²) in [6, 6.07) is -0.269. The van der Waals surface area contributed by atoms with Crippen LogP contribution in [0.15, 0.2) is 5.10 Å². The highest BCUT2D eigenvalue weighted by atomic mass is 19.4. The molecular formula is C14H22F3N3O. The predicted octanol–water partition coefficient (Wildman–Crippen LogP) is 2.65. The van der Waals surface area contributed by atoms with Crippen molar-refractivity contribution in [1.82, 2.24) is 9.91 Å². The largest absolute Gasteiger partial charge is 0.431 e. The zero-order valence-corrected chi connectivity index (χ0v) is 12.5. The van der Waals surface area contributed by atoms with Crippen molar-refractivity contribution in [2.45, 2.75) is 51.7 Å². The molecule has 2 rings (SSSR count). The Morgan fingerprint density at radius 3 is 2.48 bits per heavy atom. The van der Waals surface area contributed by atoms with Gasteiger partial charge in [-0.2, -0.15) is 18.3 Å². The maximum Gasteiger partial charge on any atom is 0.431 e. The first-order chi connectivity index (χ1) is 9.88. The van der Waals surface area contributed by atoms with Gasteiger partial charge in [0.1, 0.15) is 12.3 Å². The first kappa shape index (κ1) is 16.1. The number of hydrogen-bond donors (Lipinski definition) is 0. The summed E-state index contributed by atoms with van der Waals surface area (Å²) >= 11 is 0. The van der Waals surface area contributed by atoms with Gasteiger partial charge in [-0.15, -0.1) is 0 Å². The molecule has 2 unspecified atom stereocenters. The Kier molecular flexibility index (Phi) is 4.78. The van der Waals surface area contributed by atoms with Crippen LogP contribution in [0, 0.1) is 5.92 Å². The van der Waals surface area contributed by atoms with Gasteiger partial charge in [0.05, 0.1) is 6.04 Å². The van der Waals surface area contributed by atoms with Crippen LogP contribution in [-0.2, 0) is 4.79 Å². The van der Waals surface area contributed by atoms with Gasteiger partial charge in [-0.3, -0.25) is 9.80 Å². The van der Waals surface area contributed by atoms with Crippen molar-refractivity contribution in [3.8, 4) is 0 Å². The van der Waals surface area contributed by atoms with Gasteiger partial charge in [-0.25, -0.2) is 0 Å². The molecule has 2 atom stereocenters. The summed E-state index contributed by atoms with van der Waals surface area (Å²) < 4.78 is 39.2. The van der Waals surface area contributed by atoms with Crippen molar-refractivity contribution in [3.63, 3.8) is 0 Å². The van der Waals surface area contributed by atoms with Gasteiger partial charge < -0.3 is 4.90 Å². The molecule has 21 heavy (non-hydrogen) atoms. The maximum atomic E-state index is 13.1. The van der Waals surface area contributed by atoms with Crippen molar-refractivity contribution >= 4 is 11.6 Å². The number of carbonyl (C=O) groups is 1. The minimum Gasteiger partial charge on any atom is -0.342 e. The van der Waals surface area contributed by atoms with Gasteiger partial charge in [0.2, 0.25) is 5.91 Å². The summed E-state index contributed by atoms with van der Waals surface area (Å²) in [5.74, 6) is -0.722. The van der Waals surface area contributed by atoms with Crippen LogP contribution in [0.4, 0.5) is 13.2 Å². The zero-order chi connectivity index (χ0) is 15.6. The molecule has 1 aliphatic heterocycles. The molecule has 120 valence electrons. The Morgan fingerprint density at radius 2 is 1.90 bits per heavy atom. The third-order valence-electron chi connectivity index (χ3n) is 4.40. The van der Waals surface area contributed by atoms with Gasteiger partial charge in [0.25, 0.3) is 0 Å². The third-order valence-corrected chi connectivity index (χ3v) is 4.40. The summed E-state index contributed by atoms with van der Waals surface area (Å²) in [6.07, 6.45) is -1.50. The van der Waals surface area contributed by atoms with E-state index in [-0.39, 0.29) is 18.5 Å². The molecule has 0 spiro atoms. The molecule has 2 aliphatic rings. The van der Waals surface area contributed by atoms with Crippen LogP contribution in [0.1, 0.15) is 39.5 Å². The molecule has 1 aliphatic carbocycles. The molecule has 1 saturated carbocycles. The lowest BCUT2D eigenvalue weighted by atomic mass is 9.82. The molecule has 4 nitrogen and oxygen atoms in total. The first-order valence-electron chi connectivity index (χ1n) is 7.58. The lowest BCUT2D eigenvalue weighted by Crippen LogP contribution is -2.43. The van der Waals surface area contributed by atoms with E-state index in [1.165, 1.54) is 5.01 Å². The van der Waals surface area contributed by atoms with Crippen molar-refractivity contribution in [1.29, 1.82) is 0 Å². The van der Waals surface area contributed by atoms with Crippen LogP contribution in [0.25, 0.3) is 0 Å². The molecule has 0 aromatic rings. The number of alkyl halides is 3. The van der Waals surface area contributed by atoms with Gasteiger partial charge in [0, 0.05) is 19.0 Å². The Labute approximate surface area is 123 Å². The van der Waals surface area contributed by atoms with E-state index in [1.54, 1.807) is 4.90 Å². The summed E-state index contributed by atoms with van der Waals surface area (Å²) in [7, 11) is 0.